The highest BCUT2D eigenvalue weighted by Crippen LogP contribution is 2.36. The molecular weight excluding hydrogens is 530 g/mol. The van der Waals surface area contributed by atoms with Gasteiger partial charge in [-0.15, -0.1) is 0 Å². The van der Waals surface area contributed by atoms with Crippen molar-refractivity contribution in [3.63, 3.8) is 0 Å². The van der Waals surface area contributed by atoms with Gasteiger partial charge in [0.15, 0.2) is 17.3 Å². The summed E-state index contributed by atoms with van der Waals surface area (Å²) in [6, 6.07) is 14.1. The number of halogens is 2. The molecule has 0 radical (unpaired) electrons. The van der Waals surface area contributed by atoms with E-state index < -0.39 is 18.0 Å². The Hall–Kier alpha value is -3.76. The third kappa shape index (κ3) is 6.13. The van der Waals surface area contributed by atoms with Gasteiger partial charge in [-0.25, -0.2) is 13.8 Å². The number of hydrogen-bond donors (Lipinski definition) is 2. The Balaban J connectivity index is 1.15. The van der Waals surface area contributed by atoms with Crippen LogP contribution in [0.3, 0.4) is 0 Å². The fourth-order valence-electron chi connectivity index (χ4n) is 5.87. The van der Waals surface area contributed by atoms with Gasteiger partial charge in [0, 0.05) is 25.2 Å². The molecule has 0 spiro atoms. The molecule has 10 heteroatoms. The van der Waals surface area contributed by atoms with E-state index in [-0.39, 0.29) is 35.7 Å². The molecule has 1 amide bonds. The van der Waals surface area contributed by atoms with E-state index >= 15 is 0 Å². The van der Waals surface area contributed by atoms with Crippen LogP contribution in [-0.2, 0) is 4.79 Å². The number of anilines is 1. The predicted molar refractivity (Wildman–Crippen MR) is 150 cm³/mol. The van der Waals surface area contributed by atoms with Gasteiger partial charge < -0.3 is 29.7 Å². The number of aromatic nitrogens is 1. The first-order valence-electron chi connectivity index (χ1n) is 14.2. The molecule has 0 saturated carbocycles. The minimum absolute atomic E-state index is 0.0514. The van der Waals surface area contributed by atoms with Crippen molar-refractivity contribution in [2.24, 2.45) is 5.92 Å². The number of amides is 1. The standard InChI is InChI=1S/C31H34F2N4O4/c32-23-8-6-20(7-9-23)25-4-3-5-28(34-25)37-13-10-21(18-37)31(39)35-26(19-36-11-1-2-12-36)29(38)22-16-24(33)30-27(17-22)40-14-15-41-30/h3-9,16-17,21,26,29,38H,1-2,10-15,18-19H2,(H,35,39). The number of carbonyl (C=O) groups excluding carboxylic acids is 1. The van der Waals surface area contributed by atoms with Crippen LogP contribution >= 0.6 is 0 Å². The molecule has 0 bridgehead atoms. The first-order chi connectivity index (χ1) is 19.9. The molecule has 3 aromatic rings. The number of hydrogen-bond acceptors (Lipinski definition) is 7. The number of rotatable bonds is 8. The number of aliphatic hydroxyl groups is 1. The van der Waals surface area contributed by atoms with Crippen LogP contribution in [-0.4, -0.2) is 72.9 Å². The van der Waals surface area contributed by atoms with Crippen molar-refractivity contribution in [2.45, 2.75) is 31.4 Å². The number of ether oxygens (including phenoxy) is 2. The van der Waals surface area contributed by atoms with E-state index in [4.69, 9.17) is 14.5 Å². The average Bonchev–Trinajstić information content (AvgIpc) is 3.70. The molecule has 3 unspecified atom stereocenters. The zero-order valence-electron chi connectivity index (χ0n) is 22.8. The van der Waals surface area contributed by atoms with Gasteiger partial charge in [-0.2, -0.15) is 0 Å². The molecule has 3 aliphatic rings. The van der Waals surface area contributed by atoms with Crippen molar-refractivity contribution in [3.05, 3.63) is 71.8 Å². The summed E-state index contributed by atoms with van der Waals surface area (Å²) < 4.78 is 39.1. The molecule has 2 fully saturated rings. The number of likely N-dealkylation sites (tertiary alicyclic amines) is 1. The molecule has 4 heterocycles. The molecule has 2 saturated heterocycles. The fraction of sp³-hybridized carbons (Fsp3) is 0.419. The quantitative estimate of drug-likeness (QED) is 0.429. The maximum Gasteiger partial charge on any atom is 0.225 e. The Morgan fingerprint density at radius 2 is 1.83 bits per heavy atom. The zero-order valence-corrected chi connectivity index (χ0v) is 22.8. The lowest BCUT2D eigenvalue weighted by Gasteiger charge is -2.30. The van der Waals surface area contributed by atoms with E-state index in [9.17, 15) is 18.7 Å². The van der Waals surface area contributed by atoms with E-state index in [0.29, 0.717) is 38.2 Å². The number of nitrogens with one attached hydrogen (secondary N) is 1. The van der Waals surface area contributed by atoms with Gasteiger partial charge in [0.1, 0.15) is 31.0 Å². The molecule has 41 heavy (non-hydrogen) atoms. The topological polar surface area (TPSA) is 87.2 Å². The molecule has 2 aromatic carbocycles. The van der Waals surface area contributed by atoms with Gasteiger partial charge in [-0.1, -0.05) is 6.07 Å². The second-order valence-corrected chi connectivity index (χ2v) is 10.9. The van der Waals surface area contributed by atoms with Crippen LogP contribution in [0.15, 0.2) is 54.6 Å². The second-order valence-electron chi connectivity index (χ2n) is 10.9. The third-order valence-electron chi connectivity index (χ3n) is 8.08. The van der Waals surface area contributed by atoms with E-state index in [2.05, 4.69) is 15.1 Å². The van der Waals surface area contributed by atoms with Crippen molar-refractivity contribution in [2.75, 3.05) is 50.8 Å². The predicted octanol–water partition coefficient (Wildman–Crippen LogP) is 3.94. The van der Waals surface area contributed by atoms with E-state index in [1.54, 1.807) is 18.2 Å². The van der Waals surface area contributed by atoms with Crippen molar-refractivity contribution in [3.8, 4) is 22.8 Å². The number of fused-ring (bicyclic) bond motifs is 1. The number of carbonyl (C=O) groups is 1. The first-order valence-corrected chi connectivity index (χ1v) is 14.2. The van der Waals surface area contributed by atoms with Crippen molar-refractivity contribution < 1.29 is 28.2 Å². The van der Waals surface area contributed by atoms with E-state index in [0.717, 1.165) is 43.0 Å². The second kappa shape index (κ2) is 12.0. The summed E-state index contributed by atoms with van der Waals surface area (Å²) in [5, 5.41) is 14.5. The number of pyridine rings is 1. The van der Waals surface area contributed by atoms with Crippen LogP contribution in [0.2, 0.25) is 0 Å². The van der Waals surface area contributed by atoms with Gasteiger partial charge >= 0.3 is 0 Å². The molecule has 2 N–H and O–H groups in total. The highest BCUT2D eigenvalue weighted by atomic mass is 19.1. The summed E-state index contributed by atoms with van der Waals surface area (Å²) in [7, 11) is 0. The number of aliphatic hydroxyl groups excluding tert-OH is 1. The summed E-state index contributed by atoms with van der Waals surface area (Å²) >= 11 is 0. The van der Waals surface area contributed by atoms with Gasteiger partial charge in [-0.3, -0.25) is 4.79 Å². The van der Waals surface area contributed by atoms with Gasteiger partial charge in [0.25, 0.3) is 0 Å². The first kappa shape index (κ1) is 27.4. The number of nitrogens with zero attached hydrogens (tertiary/aromatic N) is 3. The Morgan fingerprint density at radius 1 is 1.05 bits per heavy atom. The molecular formula is C31H34F2N4O4. The van der Waals surface area contributed by atoms with E-state index in [1.807, 2.05) is 18.2 Å². The molecule has 216 valence electrons. The van der Waals surface area contributed by atoms with E-state index in [1.165, 1.54) is 18.2 Å². The third-order valence-corrected chi connectivity index (χ3v) is 8.08. The summed E-state index contributed by atoms with van der Waals surface area (Å²) in [5.41, 5.74) is 1.89. The largest absolute Gasteiger partial charge is 0.486 e. The van der Waals surface area contributed by atoms with Crippen LogP contribution < -0.4 is 19.7 Å². The lowest BCUT2D eigenvalue weighted by atomic mass is 9.99. The Labute approximate surface area is 237 Å². The minimum atomic E-state index is -1.13. The smallest absolute Gasteiger partial charge is 0.225 e. The summed E-state index contributed by atoms with van der Waals surface area (Å²) in [5.74, 6) is -0.272. The molecule has 0 aliphatic carbocycles. The van der Waals surface area contributed by atoms with Crippen LogP contribution in [0.5, 0.6) is 11.5 Å². The van der Waals surface area contributed by atoms with Gasteiger partial charge in [0.05, 0.1) is 17.7 Å². The lowest BCUT2D eigenvalue weighted by Crippen LogP contribution is -2.48. The molecule has 8 nitrogen and oxygen atoms in total. The average molecular weight is 565 g/mol. The van der Waals surface area contributed by atoms with Crippen molar-refractivity contribution in [1.82, 2.24) is 15.2 Å². The molecule has 6 rings (SSSR count). The molecule has 3 aliphatic heterocycles. The van der Waals surface area contributed by atoms with Crippen molar-refractivity contribution in [1.29, 1.82) is 0 Å². The van der Waals surface area contributed by atoms with Gasteiger partial charge in [-0.05, 0) is 86.4 Å². The van der Waals surface area contributed by atoms with Crippen LogP contribution in [0.25, 0.3) is 11.3 Å². The van der Waals surface area contributed by atoms with Crippen LogP contribution in [0.4, 0.5) is 14.6 Å². The maximum absolute atomic E-state index is 14.8. The molecule has 3 atom stereocenters. The Morgan fingerprint density at radius 3 is 2.63 bits per heavy atom. The normalized spacial score (nSPS) is 20.2. The minimum Gasteiger partial charge on any atom is -0.486 e. The summed E-state index contributed by atoms with van der Waals surface area (Å²) in [6.45, 7) is 3.95. The lowest BCUT2D eigenvalue weighted by molar-refractivity contribution is -0.126. The fourth-order valence-corrected chi connectivity index (χ4v) is 5.87. The SMILES string of the molecule is O=C(NC(CN1CCCC1)C(O)c1cc(F)c2c(c1)OCCO2)C1CCN(c2cccc(-c3ccc(F)cc3)n2)C1. The van der Waals surface area contributed by atoms with Crippen LogP contribution in [0.1, 0.15) is 30.9 Å². The summed E-state index contributed by atoms with van der Waals surface area (Å²) in [4.78, 5) is 22.6. The van der Waals surface area contributed by atoms with Crippen LogP contribution in [0, 0.1) is 17.6 Å². The molecule has 1 aromatic heterocycles. The summed E-state index contributed by atoms with van der Waals surface area (Å²) in [6.07, 6.45) is 1.64. The maximum atomic E-state index is 14.8. The van der Waals surface area contributed by atoms with Gasteiger partial charge in [0.2, 0.25) is 5.91 Å². The monoisotopic (exact) mass is 564 g/mol. The zero-order chi connectivity index (χ0) is 28.3. The Kier molecular flexibility index (Phi) is 8.02. The Bertz CT molecular complexity index is 1380. The highest BCUT2D eigenvalue weighted by molar-refractivity contribution is 5.80. The highest BCUT2D eigenvalue weighted by Gasteiger charge is 2.34. The van der Waals surface area contributed by atoms with Crippen molar-refractivity contribution >= 4 is 11.7 Å². The number of benzene rings is 2.